The third-order valence-corrected chi connectivity index (χ3v) is 2.48. The molecule has 0 atom stereocenters. The number of hydrogen-bond acceptors (Lipinski definition) is 3. The maximum atomic E-state index is 11.0. The standard InChI is InChI=1S/C13H19NO3/c1-10-6-7-11(9-12(10)16-3)17-8-4-5-13(15)14-2/h6-7,9H,4-5,8H2,1-3H3,(H,14,15). The van der Waals surface area contributed by atoms with Crippen LogP contribution in [-0.2, 0) is 4.79 Å². The molecule has 0 aliphatic carbocycles. The van der Waals surface area contributed by atoms with Crippen molar-refractivity contribution in [2.24, 2.45) is 0 Å². The van der Waals surface area contributed by atoms with Gasteiger partial charge in [0.25, 0.3) is 0 Å². The van der Waals surface area contributed by atoms with E-state index in [2.05, 4.69) is 5.32 Å². The Kier molecular flexibility index (Phi) is 5.33. The molecule has 94 valence electrons. The Labute approximate surface area is 102 Å². The smallest absolute Gasteiger partial charge is 0.219 e. The number of ether oxygens (including phenoxy) is 2. The van der Waals surface area contributed by atoms with Crippen LogP contribution in [0.1, 0.15) is 18.4 Å². The highest BCUT2D eigenvalue weighted by atomic mass is 16.5. The Morgan fingerprint density at radius 2 is 2.18 bits per heavy atom. The van der Waals surface area contributed by atoms with Crippen LogP contribution in [0, 0.1) is 6.92 Å². The highest BCUT2D eigenvalue weighted by molar-refractivity contribution is 5.75. The Hall–Kier alpha value is -1.71. The van der Waals surface area contributed by atoms with Crippen molar-refractivity contribution in [2.45, 2.75) is 19.8 Å². The van der Waals surface area contributed by atoms with E-state index >= 15 is 0 Å². The zero-order chi connectivity index (χ0) is 12.7. The molecular weight excluding hydrogens is 218 g/mol. The van der Waals surface area contributed by atoms with Gasteiger partial charge in [-0.2, -0.15) is 0 Å². The fourth-order valence-electron chi connectivity index (χ4n) is 1.44. The van der Waals surface area contributed by atoms with Crippen LogP contribution in [0.5, 0.6) is 11.5 Å². The minimum Gasteiger partial charge on any atom is -0.496 e. The second-order valence-corrected chi connectivity index (χ2v) is 3.76. The van der Waals surface area contributed by atoms with E-state index in [0.29, 0.717) is 19.4 Å². The summed E-state index contributed by atoms with van der Waals surface area (Å²) in [5, 5.41) is 2.57. The predicted octanol–water partition coefficient (Wildman–Crippen LogP) is 1.91. The normalized spacial score (nSPS) is 9.82. The molecular formula is C13H19NO3. The highest BCUT2D eigenvalue weighted by Crippen LogP contribution is 2.23. The second-order valence-electron chi connectivity index (χ2n) is 3.76. The summed E-state index contributed by atoms with van der Waals surface area (Å²) >= 11 is 0. The van der Waals surface area contributed by atoms with E-state index in [-0.39, 0.29) is 5.91 Å². The molecule has 0 saturated carbocycles. The van der Waals surface area contributed by atoms with Gasteiger partial charge in [0.2, 0.25) is 5.91 Å². The summed E-state index contributed by atoms with van der Waals surface area (Å²) < 4.78 is 10.7. The zero-order valence-electron chi connectivity index (χ0n) is 10.6. The summed E-state index contributed by atoms with van der Waals surface area (Å²) in [4.78, 5) is 11.0. The summed E-state index contributed by atoms with van der Waals surface area (Å²) in [5.41, 5.74) is 1.07. The third-order valence-electron chi connectivity index (χ3n) is 2.48. The zero-order valence-corrected chi connectivity index (χ0v) is 10.6. The minimum absolute atomic E-state index is 0.0371. The van der Waals surface area contributed by atoms with E-state index in [1.54, 1.807) is 14.2 Å². The maximum absolute atomic E-state index is 11.0. The van der Waals surface area contributed by atoms with Crippen LogP contribution in [-0.4, -0.2) is 26.7 Å². The first-order valence-corrected chi connectivity index (χ1v) is 5.65. The summed E-state index contributed by atoms with van der Waals surface area (Å²) in [6.45, 7) is 2.51. The van der Waals surface area contributed by atoms with Crippen molar-refractivity contribution in [2.75, 3.05) is 20.8 Å². The van der Waals surface area contributed by atoms with Gasteiger partial charge in [0, 0.05) is 19.5 Å². The number of carbonyl (C=O) groups is 1. The summed E-state index contributed by atoms with van der Waals surface area (Å²) in [6.07, 6.45) is 1.19. The number of amides is 1. The van der Waals surface area contributed by atoms with Gasteiger partial charge in [-0.25, -0.2) is 0 Å². The number of methoxy groups -OCH3 is 1. The minimum atomic E-state index is 0.0371. The number of rotatable bonds is 6. The molecule has 4 heteroatoms. The van der Waals surface area contributed by atoms with Gasteiger partial charge < -0.3 is 14.8 Å². The summed E-state index contributed by atoms with van der Waals surface area (Å²) in [5.74, 6) is 1.62. The molecule has 1 amide bonds. The van der Waals surface area contributed by atoms with Crippen LogP contribution in [0.15, 0.2) is 18.2 Å². The molecule has 1 aromatic carbocycles. The molecule has 0 aliphatic heterocycles. The molecule has 1 N–H and O–H groups in total. The quantitative estimate of drug-likeness (QED) is 0.769. The van der Waals surface area contributed by atoms with E-state index in [0.717, 1.165) is 17.1 Å². The molecule has 0 aromatic heterocycles. The molecule has 0 aliphatic rings. The van der Waals surface area contributed by atoms with Crippen LogP contribution in [0.4, 0.5) is 0 Å². The molecule has 0 bridgehead atoms. The fourth-order valence-corrected chi connectivity index (χ4v) is 1.44. The number of hydrogen-bond donors (Lipinski definition) is 1. The van der Waals surface area contributed by atoms with Crippen LogP contribution in [0.25, 0.3) is 0 Å². The Balaban J connectivity index is 2.39. The molecule has 0 saturated heterocycles. The topological polar surface area (TPSA) is 47.6 Å². The highest BCUT2D eigenvalue weighted by Gasteiger charge is 2.02. The molecule has 1 rings (SSSR count). The van der Waals surface area contributed by atoms with Crippen molar-refractivity contribution in [1.82, 2.24) is 5.32 Å². The predicted molar refractivity (Wildman–Crippen MR) is 66.5 cm³/mol. The summed E-state index contributed by atoms with van der Waals surface area (Å²) in [6, 6.07) is 5.71. The lowest BCUT2D eigenvalue weighted by Gasteiger charge is -2.09. The van der Waals surface area contributed by atoms with Gasteiger partial charge in [-0.3, -0.25) is 4.79 Å². The Bertz CT molecular complexity index is 377. The average Bonchev–Trinajstić information content (AvgIpc) is 2.36. The Morgan fingerprint density at radius 3 is 2.82 bits per heavy atom. The number of carbonyl (C=O) groups excluding carboxylic acids is 1. The van der Waals surface area contributed by atoms with Gasteiger partial charge in [0.1, 0.15) is 11.5 Å². The summed E-state index contributed by atoms with van der Waals surface area (Å²) in [7, 11) is 3.27. The number of aryl methyl sites for hydroxylation is 1. The molecule has 0 spiro atoms. The van der Waals surface area contributed by atoms with Gasteiger partial charge in [0.15, 0.2) is 0 Å². The van der Waals surface area contributed by atoms with E-state index in [9.17, 15) is 4.79 Å². The Morgan fingerprint density at radius 1 is 1.41 bits per heavy atom. The van der Waals surface area contributed by atoms with Gasteiger partial charge in [-0.1, -0.05) is 6.07 Å². The first-order chi connectivity index (χ1) is 8.17. The first-order valence-electron chi connectivity index (χ1n) is 5.65. The fraction of sp³-hybridized carbons (Fsp3) is 0.462. The number of nitrogens with one attached hydrogen (secondary N) is 1. The molecule has 0 unspecified atom stereocenters. The van der Waals surface area contributed by atoms with Gasteiger partial charge in [0.05, 0.1) is 13.7 Å². The average molecular weight is 237 g/mol. The third kappa shape index (κ3) is 4.34. The number of benzene rings is 1. The van der Waals surface area contributed by atoms with Gasteiger partial charge >= 0.3 is 0 Å². The van der Waals surface area contributed by atoms with Crippen LogP contribution >= 0.6 is 0 Å². The largest absolute Gasteiger partial charge is 0.496 e. The molecule has 17 heavy (non-hydrogen) atoms. The van der Waals surface area contributed by atoms with Crippen LogP contribution in [0.3, 0.4) is 0 Å². The lowest BCUT2D eigenvalue weighted by atomic mass is 10.2. The lowest BCUT2D eigenvalue weighted by Crippen LogP contribution is -2.18. The lowest BCUT2D eigenvalue weighted by molar-refractivity contribution is -0.120. The molecule has 0 heterocycles. The van der Waals surface area contributed by atoms with Crippen molar-refractivity contribution in [3.8, 4) is 11.5 Å². The van der Waals surface area contributed by atoms with Crippen molar-refractivity contribution in [3.05, 3.63) is 23.8 Å². The molecule has 0 radical (unpaired) electrons. The monoisotopic (exact) mass is 237 g/mol. The van der Waals surface area contributed by atoms with Crippen molar-refractivity contribution < 1.29 is 14.3 Å². The van der Waals surface area contributed by atoms with E-state index in [1.165, 1.54) is 0 Å². The van der Waals surface area contributed by atoms with E-state index in [1.807, 2.05) is 25.1 Å². The SMILES string of the molecule is CNC(=O)CCCOc1ccc(C)c(OC)c1. The van der Waals surface area contributed by atoms with Gasteiger partial charge in [-0.15, -0.1) is 0 Å². The van der Waals surface area contributed by atoms with E-state index < -0.39 is 0 Å². The first kappa shape index (κ1) is 13.4. The van der Waals surface area contributed by atoms with Crippen LogP contribution < -0.4 is 14.8 Å². The molecule has 1 aromatic rings. The van der Waals surface area contributed by atoms with Gasteiger partial charge in [-0.05, 0) is 25.0 Å². The van der Waals surface area contributed by atoms with Crippen LogP contribution in [0.2, 0.25) is 0 Å². The molecule has 4 nitrogen and oxygen atoms in total. The maximum Gasteiger partial charge on any atom is 0.219 e. The second kappa shape index (κ2) is 6.78. The van der Waals surface area contributed by atoms with Crippen molar-refractivity contribution >= 4 is 5.91 Å². The van der Waals surface area contributed by atoms with Crippen molar-refractivity contribution in [3.63, 3.8) is 0 Å². The van der Waals surface area contributed by atoms with E-state index in [4.69, 9.17) is 9.47 Å². The van der Waals surface area contributed by atoms with Crippen molar-refractivity contribution in [1.29, 1.82) is 0 Å². The molecule has 0 fully saturated rings.